The van der Waals surface area contributed by atoms with E-state index in [1.165, 1.54) is 4.90 Å². The minimum absolute atomic E-state index is 0.00757. The molecule has 1 fully saturated rings. The molecule has 1 amide bonds. The van der Waals surface area contributed by atoms with E-state index in [-0.39, 0.29) is 50.3 Å². The van der Waals surface area contributed by atoms with Crippen LogP contribution in [0.25, 0.3) is 0 Å². The van der Waals surface area contributed by atoms with E-state index in [9.17, 15) is 35.9 Å². The van der Waals surface area contributed by atoms with E-state index in [1.54, 1.807) is 0 Å². The molecule has 42 heavy (non-hydrogen) atoms. The van der Waals surface area contributed by atoms with Crippen molar-refractivity contribution >= 4 is 11.9 Å². The van der Waals surface area contributed by atoms with Gasteiger partial charge in [-0.05, 0) is 43.9 Å². The van der Waals surface area contributed by atoms with Gasteiger partial charge in [0.2, 0.25) is 11.7 Å². The lowest BCUT2D eigenvalue weighted by atomic mass is 10.0. The van der Waals surface area contributed by atoms with Crippen LogP contribution in [0, 0.1) is 17.5 Å². The average molecular weight is 606 g/mol. The topological polar surface area (TPSA) is 103 Å². The number of unbranched alkanes of at least 4 members (excludes halogenated alkanes) is 2. The molecule has 1 atom stereocenters. The maximum atomic E-state index is 14.0. The minimum Gasteiger partial charge on any atom is -0.461 e. The smallest absolute Gasteiger partial charge is 0.449 e. The largest absolute Gasteiger partial charge is 0.461 e. The van der Waals surface area contributed by atoms with Crippen molar-refractivity contribution in [3.63, 3.8) is 0 Å². The van der Waals surface area contributed by atoms with Gasteiger partial charge in [0, 0.05) is 44.7 Å². The Labute approximate surface area is 238 Å². The SMILES string of the molecule is NC(CC(=O)N1CCn2c(C(F)(F)F)nc(C(=O)OCCCCCN3CCOCC3)c2C1)Cc1cc(F)c(F)cc1F. The lowest BCUT2D eigenvalue weighted by molar-refractivity contribution is -0.148. The summed E-state index contributed by atoms with van der Waals surface area (Å²) in [5.41, 5.74) is 5.12. The minimum atomic E-state index is -4.84. The van der Waals surface area contributed by atoms with Gasteiger partial charge < -0.3 is 24.7 Å². The number of hydrogen-bond donors (Lipinski definition) is 1. The molecule has 15 heteroatoms. The summed E-state index contributed by atoms with van der Waals surface area (Å²) in [6.07, 6.45) is -3.30. The molecule has 1 saturated heterocycles. The van der Waals surface area contributed by atoms with Crippen LogP contribution in [-0.4, -0.2) is 83.3 Å². The van der Waals surface area contributed by atoms with Crippen LogP contribution in [0.4, 0.5) is 26.3 Å². The number of carbonyl (C=O) groups is 2. The molecular formula is C27H33F6N5O4. The molecule has 232 valence electrons. The molecule has 2 aliphatic rings. The Morgan fingerprint density at radius 1 is 1.00 bits per heavy atom. The molecular weight excluding hydrogens is 572 g/mol. The molecule has 0 bridgehead atoms. The number of rotatable bonds is 11. The first kappa shape index (κ1) is 31.8. The summed E-state index contributed by atoms with van der Waals surface area (Å²) < 4.78 is 93.2. The number of carbonyl (C=O) groups excluding carboxylic acids is 2. The highest BCUT2D eigenvalue weighted by atomic mass is 19.4. The van der Waals surface area contributed by atoms with Crippen molar-refractivity contribution in [1.29, 1.82) is 0 Å². The average Bonchev–Trinajstić information content (AvgIpc) is 3.34. The Bertz CT molecular complexity index is 1260. The van der Waals surface area contributed by atoms with E-state index in [2.05, 4.69) is 9.88 Å². The number of imidazole rings is 1. The van der Waals surface area contributed by atoms with Crippen LogP contribution in [-0.2, 0) is 40.0 Å². The quantitative estimate of drug-likeness (QED) is 0.182. The first-order chi connectivity index (χ1) is 19.9. The third-order valence-electron chi connectivity index (χ3n) is 7.27. The van der Waals surface area contributed by atoms with E-state index in [1.807, 2.05) is 0 Å². The van der Waals surface area contributed by atoms with E-state index in [0.717, 1.165) is 37.0 Å². The van der Waals surface area contributed by atoms with Gasteiger partial charge in [0.05, 0.1) is 32.1 Å². The number of fused-ring (bicyclic) bond motifs is 1. The fraction of sp³-hybridized carbons (Fsp3) is 0.593. The van der Waals surface area contributed by atoms with Gasteiger partial charge in [-0.15, -0.1) is 0 Å². The predicted molar refractivity (Wildman–Crippen MR) is 137 cm³/mol. The number of nitrogens with two attached hydrogens (primary N) is 1. The maximum Gasteiger partial charge on any atom is 0.449 e. The van der Waals surface area contributed by atoms with Gasteiger partial charge in [-0.3, -0.25) is 9.69 Å². The van der Waals surface area contributed by atoms with Gasteiger partial charge in [0.15, 0.2) is 17.3 Å². The van der Waals surface area contributed by atoms with Crippen LogP contribution in [0.2, 0.25) is 0 Å². The third-order valence-corrected chi connectivity index (χ3v) is 7.27. The number of benzene rings is 1. The second kappa shape index (κ2) is 13.9. The summed E-state index contributed by atoms with van der Waals surface area (Å²) in [6.45, 7) is 3.26. The highest BCUT2D eigenvalue weighted by molar-refractivity contribution is 5.89. The fourth-order valence-electron chi connectivity index (χ4n) is 5.06. The first-order valence-electron chi connectivity index (χ1n) is 13.7. The second-order valence-corrected chi connectivity index (χ2v) is 10.4. The van der Waals surface area contributed by atoms with E-state index >= 15 is 0 Å². The second-order valence-electron chi connectivity index (χ2n) is 10.4. The third kappa shape index (κ3) is 8.01. The van der Waals surface area contributed by atoms with Crippen molar-refractivity contribution in [2.75, 3.05) is 46.0 Å². The van der Waals surface area contributed by atoms with E-state index in [4.69, 9.17) is 15.2 Å². The molecule has 1 unspecified atom stereocenters. The summed E-state index contributed by atoms with van der Waals surface area (Å²) >= 11 is 0. The standard InChI is InChI=1S/C27H33F6N5O4/c28-19-15-21(30)20(29)13-17(19)12-18(34)14-23(39)37-5-6-38-22(16-37)24(35-26(38)27(31,32)33)25(40)42-9-3-1-2-4-36-7-10-41-11-8-36/h13,15,18H,1-12,14,16,34H2. The van der Waals surface area contributed by atoms with E-state index in [0.29, 0.717) is 31.8 Å². The molecule has 0 radical (unpaired) electrons. The molecule has 0 spiro atoms. The highest BCUT2D eigenvalue weighted by Crippen LogP contribution is 2.33. The molecule has 9 nitrogen and oxygen atoms in total. The number of morpholine rings is 1. The molecule has 1 aromatic carbocycles. The van der Waals surface area contributed by atoms with E-state index < -0.39 is 53.1 Å². The maximum absolute atomic E-state index is 14.0. The Hall–Kier alpha value is -3.17. The van der Waals surface area contributed by atoms with Crippen molar-refractivity contribution in [1.82, 2.24) is 19.4 Å². The summed E-state index contributed by atoms with van der Waals surface area (Å²) in [5.74, 6) is -6.47. The van der Waals surface area contributed by atoms with Gasteiger partial charge in [0.25, 0.3) is 0 Å². The lowest BCUT2D eigenvalue weighted by Crippen LogP contribution is -2.42. The summed E-state index contributed by atoms with van der Waals surface area (Å²) in [4.78, 5) is 32.7. The van der Waals surface area contributed by atoms with Gasteiger partial charge in [0.1, 0.15) is 5.82 Å². The monoisotopic (exact) mass is 605 g/mol. The number of amides is 1. The van der Waals surface area contributed by atoms with Gasteiger partial charge >= 0.3 is 12.1 Å². The number of aromatic nitrogens is 2. The van der Waals surface area contributed by atoms with Crippen molar-refractivity contribution in [3.8, 4) is 0 Å². The zero-order valence-corrected chi connectivity index (χ0v) is 22.9. The number of nitrogens with zero attached hydrogens (tertiary/aromatic N) is 4. The molecule has 3 heterocycles. The predicted octanol–water partition coefficient (Wildman–Crippen LogP) is 3.28. The van der Waals surface area contributed by atoms with Crippen LogP contribution in [0.5, 0.6) is 0 Å². The van der Waals surface area contributed by atoms with Crippen molar-refractivity contribution < 1.29 is 45.4 Å². The zero-order valence-electron chi connectivity index (χ0n) is 22.9. The molecule has 0 saturated carbocycles. The summed E-state index contributed by atoms with van der Waals surface area (Å²) in [7, 11) is 0. The highest BCUT2D eigenvalue weighted by Gasteiger charge is 2.42. The number of ether oxygens (including phenoxy) is 2. The lowest BCUT2D eigenvalue weighted by Gasteiger charge is -2.30. The molecule has 2 aliphatic heterocycles. The van der Waals surface area contributed by atoms with Crippen molar-refractivity contribution in [3.05, 3.63) is 52.4 Å². The van der Waals surface area contributed by atoms with Crippen molar-refractivity contribution in [2.45, 2.75) is 57.4 Å². The van der Waals surface area contributed by atoms with Gasteiger partial charge in [-0.25, -0.2) is 22.9 Å². The number of alkyl halides is 3. The van der Waals surface area contributed by atoms with Gasteiger partial charge in [-0.1, -0.05) is 0 Å². The Balaban J connectivity index is 1.35. The molecule has 1 aromatic heterocycles. The Morgan fingerprint density at radius 3 is 2.43 bits per heavy atom. The zero-order chi connectivity index (χ0) is 30.4. The summed E-state index contributed by atoms with van der Waals surface area (Å²) in [5, 5.41) is 0. The molecule has 4 rings (SSSR count). The molecule has 2 aromatic rings. The van der Waals surface area contributed by atoms with Crippen molar-refractivity contribution in [2.24, 2.45) is 5.73 Å². The fourth-order valence-corrected chi connectivity index (χ4v) is 5.06. The molecule has 2 N–H and O–H groups in total. The number of hydrogen-bond acceptors (Lipinski definition) is 7. The Kier molecular flexibility index (Phi) is 10.5. The van der Waals surface area contributed by atoms with Crippen LogP contribution in [0.15, 0.2) is 12.1 Å². The van der Waals surface area contributed by atoms with Gasteiger partial charge in [-0.2, -0.15) is 13.2 Å². The van der Waals surface area contributed by atoms with Crippen LogP contribution < -0.4 is 5.73 Å². The summed E-state index contributed by atoms with van der Waals surface area (Å²) in [6, 6.07) is 0.0620. The van der Waals surface area contributed by atoms with Crippen LogP contribution in [0.1, 0.15) is 53.3 Å². The van der Waals surface area contributed by atoms with Crippen LogP contribution >= 0.6 is 0 Å². The number of halogens is 6. The normalized spacial score (nSPS) is 16.8. The first-order valence-corrected chi connectivity index (χ1v) is 13.7. The molecule has 0 aliphatic carbocycles. The van der Waals surface area contributed by atoms with Crippen LogP contribution in [0.3, 0.4) is 0 Å². The Morgan fingerprint density at radius 2 is 1.71 bits per heavy atom. The number of esters is 1.